The van der Waals surface area contributed by atoms with Crippen LogP contribution in [0.25, 0.3) is 0 Å². The van der Waals surface area contributed by atoms with Gasteiger partial charge in [0.15, 0.2) is 0 Å². The van der Waals surface area contributed by atoms with Gasteiger partial charge in [-0.05, 0) is 36.9 Å². The molecular weight excluding hydrogens is 286 g/mol. The summed E-state index contributed by atoms with van der Waals surface area (Å²) in [5, 5.41) is 3.03. The molecule has 88 valence electrons. The van der Waals surface area contributed by atoms with E-state index in [2.05, 4.69) is 34.4 Å². The van der Waals surface area contributed by atoms with Crippen molar-refractivity contribution in [1.29, 1.82) is 0 Å². The van der Waals surface area contributed by atoms with Crippen LogP contribution in [0.1, 0.15) is 23.7 Å². The zero-order valence-electron chi connectivity index (χ0n) is 9.50. The van der Waals surface area contributed by atoms with Crippen molar-refractivity contribution in [2.75, 3.05) is 12.0 Å². The van der Waals surface area contributed by atoms with E-state index in [9.17, 15) is 4.79 Å². The second-order valence-corrected chi connectivity index (χ2v) is 5.37. The standard InChI is InChI=1S/C12H16BrNOS/c1-3-11(8-16-2)14-12(15)9-4-6-10(13)7-5-9/h4-7,11H,3,8H2,1-2H3,(H,14,15). The molecule has 0 aliphatic heterocycles. The van der Waals surface area contributed by atoms with E-state index in [0.717, 1.165) is 16.6 Å². The number of nitrogens with one attached hydrogen (secondary N) is 1. The predicted octanol–water partition coefficient (Wildman–Crippen LogP) is 3.32. The summed E-state index contributed by atoms with van der Waals surface area (Å²) in [6, 6.07) is 7.66. The molecular formula is C12H16BrNOS. The number of thioether (sulfide) groups is 1. The van der Waals surface area contributed by atoms with Crippen LogP contribution >= 0.6 is 27.7 Å². The van der Waals surface area contributed by atoms with Gasteiger partial charge >= 0.3 is 0 Å². The first-order valence-electron chi connectivity index (χ1n) is 5.22. The van der Waals surface area contributed by atoms with E-state index in [-0.39, 0.29) is 11.9 Å². The molecule has 0 heterocycles. The third-order valence-electron chi connectivity index (χ3n) is 2.30. The van der Waals surface area contributed by atoms with Crippen LogP contribution in [0.4, 0.5) is 0 Å². The van der Waals surface area contributed by atoms with E-state index in [0.29, 0.717) is 5.56 Å². The lowest BCUT2D eigenvalue weighted by atomic mass is 10.2. The van der Waals surface area contributed by atoms with Gasteiger partial charge < -0.3 is 5.32 Å². The van der Waals surface area contributed by atoms with Gasteiger partial charge in [-0.1, -0.05) is 22.9 Å². The highest BCUT2D eigenvalue weighted by molar-refractivity contribution is 9.10. The van der Waals surface area contributed by atoms with Gasteiger partial charge in [0, 0.05) is 21.8 Å². The first-order chi connectivity index (χ1) is 7.67. The minimum Gasteiger partial charge on any atom is -0.348 e. The maximum atomic E-state index is 11.9. The number of benzene rings is 1. The van der Waals surface area contributed by atoms with Crippen LogP contribution in [0.15, 0.2) is 28.7 Å². The Bertz CT molecular complexity index is 339. The summed E-state index contributed by atoms with van der Waals surface area (Å²) in [7, 11) is 0. The molecule has 0 aliphatic rings. The fourth-order valence-electron chi connectivity index (χ4n) is 1.33. The van der Waals surface area contributed by atoms with Crippen LogP contribution < -0.4 is 5.32 Å². The van der Waals surface area contributed by atoms with Crippen molar-refractivity contribution in [3.05, 3.63) is 34.3 Å². The van der Waals surface area contributed by atoms with Gasteiger partial charge in [0.25, 0.3) is 5.91 Å². The average molecular weight is 302 g/mol. The van der Waals surface area contributed by atoms with Crippen molar-refractivity contribution in [2.24, 2.45) is 0 Å². The largest absolute Gasteiger partial charge is 0.348 e. The number of halogens is 1. The number of amides is 1. The second-order valence-electron chi connectivity index (χ2n) is 3.54. The van der Waals surface area contributed by atoms with Gasteiger partial charge in [-0.2, -0.15) is 11.8 Å². The maximum absolute atomic E-state index is 11.9. The number of hydrogen-bond donors (Lipinski definition) is 1. The van der Waals surface area contributed by atoms with Crippen LogP contribution in [-0.4, -0.2) is 24.0 Å². The highest BCUT2D eigenvalue weighted by atomic mass is 79.9. The summed E-state index contributed by atoms with van der Waals surface area (Å²) in [5.74, 6) is 0.965. The molecule has 0 bridgehead atoms. The predicted molar refractivity (Wildman–Crippen MR) is 74.1 cm³/mol. The summed E-state index contributed by atoms with van der Waals surface area (Å²) >= 11 is 5.10. The van der Waals surface area contributed by atoms with E-state index < -0.39 is 0 Å². The van der Waals surface area contributed by atoms with Gasteiger partial charge in [-0.25, -0.2) is 0 Å². The Morgan fingerprint density at radius 1 is 1.44 bits per heavy atom. The van der Waals surface area contributed by atoms with Gasteiger partial charge in [-0.3, -0.25) is 4.79 Å². The molecule has 1 amide bonds. The molecule has 2 nitrogen and oxygen atoms in total. The average Bonchev–Trinajstić information content (AvgIpc) is 2.29. The smallest absolute Gasteiger partial charge is 0.251 e. The van der Waals surface area contributed by atoms with Crippen molar-refractivity contribution < 1.29 is 4.79 Å². The minimum atomic E-state index is 0.00778. The van der Waals surface area contributed by atoms with Gasteiger partial charge in [0.1, 0.15) is 0 Å². The first-order valence-corrected chi connectivity index (χ1v) is 7.41. The normalized spacial score (nSPS) is 12.2. The molecule has 0 spiro atoms. The van der Waals surface area contributed by atoms with Crippen LogP contribution in [0.5, 0.6) is 0 Å². The third-order valence-corrected chi connectivity index (χ3v) is 3.57. The molecule has 1 N–H and O–H groups in total. The molecule has 16 heavy (non-hydrogen) atoms. The van der Waals surface area contributed by atoms with E-state index in [1.807, 2.05) is 24.3 Å². The van der Waals surface area contributed by atoms with E-state index in [1.165, 1.54) is 0 Å². The Morgan fingerprint density at radius 2 is 2.06 bits per heavy atom. The highest BCUT2D eigenvalue weighted by Crippen LogP contribution is 2.11. The Morgan fingerprint density at radius 3 is 2.56 bits per heavy atom. The Labute approximate surface area is 109 Å². The summed E-state index contributed by atoms with van der Waals surface area (Å²) < 4.78 is 0.986. The first kappa shape index (κ1) is 13.6. The van der Waals surface area contributed by atoms with Crippen LogP contribution in [0, 0.1) is 0 Å². The van der Waals surface area contributed by atoms with E-state index >= 15 is 0 Å². The minimum absolute atomic E-state index is 0.00778. The molecule has 1 atom stereocenters. The van der Waals surface area contributed by atoms with Gasteiger partial charge in [0.2, 0.25) is 0 Å². The van der Waals surface area contributed by atoms with Crippen molar-refractivity contribution in [2.45, 2.75) is 19.4 Å². The molecule has 1 rings (SSSR count). The zero-order chi connectivity index (χ0) is 12.0. The van der Waals surface area contributed by atoms with Crippen molar-refractivity contribution in [3.8, 4) is 0 Å². The molecule has 0 aliphatic carbocycles. The lowest BCUT2D eigenvalue weighted by Gasteiger charge is -2.15. The van der Waals surface area contributed by atoms with Gasteiger partial charge in [-0.15, -0.1) is 0 Å². The quantitative estimate of drug-likeness (QED) is 0.904. The third kappa shape index (κ3) is 4.18. The summed E-state index contributed by atoms with van der Waals surface area (Å²) in [4.78, 5) is 11.9. The Kier molecular flexibility index (Phi) is 5.91. The van der Waals surface area contributed by atoms with Crippen molar-refractivity contribution >= 4 is 33.6 Å². The number of carbonyl (C=O) groups excluding carboxylic acids is 1. The second kappa shape index (κ2) is 6.97. The molecule has 0 saturated carbocycles. The Hall–Kier alpha value is -0.480. The molecule has 4 heteroatoms. The molecule has 1 aromatic carbocycles. The van der Waals surface area contributed by atoms with Crippen LogP contribution in [0.3, 0.4) is 0 Å². The lowest BCUT2D eigenvalue weighted by molar-refractivity contribution is 0.0940. The SMILES string of the molecule is CCC(CSC)NC(=O)c1ccc(Br)cc1. The maximum Gasteiger partial charge on any atom is 0.251 e. The summed E-state index contributed by atoms with van der Waals surface area (Å²) in [5.41, 5.74) is 0.711. The number of carbonyl (C=O) groups is 1. The van der Waals surface area contributed by atoms with Crippen molar-refractivity contribution in [3.63, 3.8) is 0 Å². The van der Waals surface area contributed by atoms with Crippen LogP contribution in [-0.2, 0) is 0 Å². The monoisotopic (exact) mass is 301 g/mol. The van der Waals surface area contributed by atoms with Gasteiger partial charge in [0.05, 0.1) is 0 Å². The van der Waals surface area contributed by atoms with E-state index in [1.54, 1.807) is 11.8 Å². The fourth-order valence-corrected chi connectivity index (χ4v) is 2.32. The fraction of sp³-hybridized carbons (Fsp3) is 0.417. The Balaban J connectivity index is 2.60. The van der Waals surface area contributed by atoms with Crippen LogP contribution in [0.2, 0.25) is 0 Å². The molecule has 1 unspecified atom stereocenters. The number of hydrogen-bond acceptors (Lipinski definition) is 2. The zero-order valence-corrected chi connectivity index (χ0v) is 11.9. The molecule has 0 saturated heterocycles. The molecule has 0 aromatic heterocycles. The highest BCUT2D eigenvalue weighted by Gasteiger charge is 2.11. The van der Waals surface area contributed by atoms with Crippen molar-refractivity contribution in [1.82, 2.24) is 5.32 Å². The molecule has 1 aromatic rings. The summed E-state index contributed by atoms with van der Waals surface area (Å²) in [6.07, 6.45) is 3.01. The lowest BCUT2D eigenvalue weighted by Crippen LogP contribution is -2.36. The molecule has 0 radical (unpaired) electrons. The number of rotatable bonds is 5. The summed E-state index contributed by atoms with van der Waals surface area (Å²) in [6.45, 7) is 2.09. The topological polar surface area (TPSA) is 29.1 Å². The molecule has 0 fully saturated rings. The van der Waals surface area contributed by atoms with E-state index in [4.69, 9.17) is 0 Å².